The van der Waals surface area contributed by atoms with E-state index in [0.717, 1.165) is 51.0 Å². The molecule has 0 radical (unpaired) electrons. The molecular formula is C16H23ClN4O5S. The molecule has 1 N–H and O–H groups in total. The fourth-order valence-electron chi connectivity index (χ4n) is 3.48. The molecule has 2 aliphatic heterocycles. The van der Waals surface area contributed by atoms with E-state index in [1.54, 1.807) is 4.90 Å². The van der Waals surface area contributed by atoms with Crippen LogP contribution in [0.3, 0.4) is 0 Å². The number of amides is 1. The predicted octanol–water partition coefficient (Wildman–Crippen LogP) is 0.540. The molecule has 3 rings (SSSR count). The van der Waals surface area contributed by atoms with E-state index in [2.05, 4.69) is 10.2 Å². The van der Waals surface area contributed by atoms with Crippen molar-refractivity contribution in [2.75, 3.05) is 45.5 Å². The normalized spacial score (nSPS) is 20.9. The highest BCUT2D eigenvalue weighted by Crippen LogP contribution is 2.24. The molecule has 9 nitrogen and oxygen atoms in total. The Bertz CT molecular complexity index is 826. The summed E-state index contributed by atoms with van der Waals surface area (Å²) in [5, 5.41) is 14.4. The molecule has 0 bridgehead atoms. The highest BCUT2D eigenvalue weighted by molar-refractivity contribution is 7.90. The molecule has 2 heterocycles. The van der Waals surface area contributed by atoms with Crippen molar-refractivity contribution < 1.29 is 18.1 Å². The maximum atomic E-state index is 12.8. The topological polar surface area (TPSA) is 113 Å². The lowest BCUT2D eigenvalue weighted by atomic mass is 10.1. The fraction of sp³-hybridized carbons (Fsp3) is 0.562. The SMILES string of the molecule is CS(=O)(=O)c1cc(C(=O)N2CCC(N3CCNCC3)C2)cc([N+](=O)[O-])c1.Cl. The zero-order valence-electron chi connectivity index (χ0n) is 15.0. The zero-order chi connectivity index (χ0) is 18.9. The Labute approximate surface area is 164 Å². The highest BCUT2D eigenvalue weighted by atomic mass is 35.5. The summed E-state index contributed by atoms with van der Waals surface area (Å²) in [5.41, 5.74) is -0.352. The Morgan fingerprint density at radius 1 is 1.22 bits per heavy atom. The van der Waals surface area contributed by atoms with Crippen molar-refractivity contribution in [1.82, 2.24) is 15.1 Å². The molecule has 27 heavy (non-hydrogen) atoms. The number of hydrogen-bond donors (Lipinski definition) is 1. The van der Waals surface area contributed by atoms with Crippen LogP contribution in [0.5, 0.6) is 0 Å². The van der Waals surface area contributed by atoms with Gasteiger partial charge in [-0.25, -0.2) is 8.42 Å². The molecule has 1 aromatic rings. The van der Waals surface area contributed by atoms with Crippen LogP contribution in [0.15, 0.2) is 23.1 Å². The van der Waals surface area contributed by atoms with E-state index in [9.17, 15) is 23.3 Å². The molecule has 0 spiro atoms. The van der Waals surface area contributed by atoms with Gasteiger partial charge in [-0.15, -0.1) is 12.4 Å². The third kappa shape index (κ3) is 4.95. The van der Waals surface area contributed by atoms with Crippen molar-refractivity contribution in [2.45, 2.75) is 17.4 Å². The number of nitro benzene ring substituents is 1. The maximum Gasteiger partial charge on any atom is 0.271 e. The van der Waals surface area contributed by atoms with Crippen LogP contribution < -0.4 is 5.32 Å². The third-order valence-corrected chi connectivity index (χ3v) is 5.99. The molecule has 1 unspecified atom stereocenters. The Morgan fingerprint density at radius 3 is 2.48 bits per heavy atom. The van der Waals surface area contributed by atoms with Gasteiger partial charge in [-0.3, -0.25) is 19.8 Å². The summed E-state index contributed by atoms with van der Waals surface area (Å²) >= 11 is 0. The molecule has 1 amide bonds. The van der Waals surface area contributed by atoms with E-state index in [1.165, 1.54) is 6.07 Å². The van der Waals surface area contributed by atoms with Gasteiger partial charge in [0.25, 0.3) is 11.6 Å². The maximum absolute atomic E-state index is 12.8. The number of likely N-dealkylation sites (tertiary alicyclic amines) is 1. The smallest absolute Gasteiger partial charge is 0.271 e. The summed E-state index contributed by atoms with van der Waals surface area (Å²) in [6.45, 7) is 4.82. The number of halogens is 1. The minimum absolute atomic E-state index is 0. The number of benzene rings is 1. The van der Waals surface area contributed by atoms with Crippen molar-refractivity contribution in [3.63, 3.8) is 0 Å². The van der Waals surface area contributed by atoms with Gasteiger partial charge < -0.3 is 10.2 Å². The van der Waals surface area contributed by atoms with Gasteiger partial charge >= 0.3 is 0 Å². The zero-order valence-corrected chi connectivity index (χ0v) is 16.6. The minimum Gasteiger partial charge on any atom is -0.337 e. The van der Waals surface area contributed by atoms with Crippen molar-refractivity contribution >= 4 is 33.8 Å². The molecule has 0 aliphatic carbocycles. The van der Waals surface area contributed by atoms with Gasteiger partial charge in [-0.1, -0.05) is 0 Å². The number of piperazine rings is 1. The summed E-state index contributed by atoms with van der Waals surface area (Å²) in [6, 6.07) is 3.63. The van der Waals surface area contributed by atoms with Crippen LogP contribution in [0.4, 0.5) is 5.69 Å². The summed E-state index contributed by atoms with van der Waals surface area (Å²) < 4.78 is 23.6. The minimum atomic E-state index is -3.66. The van der Waals surface area contributed by atoms with Crippen LogP contribution in [0.1, 0.15) is 16.8 Å². The molecule has 2 aliphatic rings. The average Bonchev–Trinajstić information content (AvgIpc) is 3.10. The third-order valence-electron chi connectivity index (χ3n) is 4.90. The van der Waals surface area contributed by atoms with Crippen LogP contribution in [0.25, 0.3) is 0 Å². The van der Waals surface area contributed by atoms with Gasteiger partial charge in [-0.2, -0.15) is 0 Å². The van der Waals surface area contributed by atoms with E-state index in [1.807, 2.05) is 0 Å². The Morgan fingerprint density at radius 2 is 1.89 bits per heavy atom. The van der Waals surface area contributed by atoms with Gasteiger partial charge in [0.15, 0.2) is 9.84 Å². The van der Waals surface area contributed by atoms with E-state index >= 15 is 0 Å². The largest absolute Gasteiger partial charge is 0.337 e. The molecule has 11 heteroatoms. The monoisotopic (exact) mass is 418 g/mol. The van der Waals surface area contributed by atoms with Gasteiger partial charge in [0.05, 0.1) is 9.82 Å². The van der Waals surface area contributed by atoms with Crippen molar-refractivity contribution in [2.24, 2.45) is 0 Å². The molecule has 0 aromatic heterocycles. The Hall–Kier alpha value is -1.75. The first-order chi connectivity index (χ1) is 12.3. The molecule has 2 fully saturated rings. The number of nitrogens with zero attached hydrogens (tertiary/aromatic N) is 3. The number of hydrogen-bond acceptors (Lipinski definition) is 7. The van der Waals surface area contributed by atoms with E-state index in [0.29, 0.717) is 13.1 Å². The van der Waals surface area contributed by atoms with Gasteiger partial charge in [0.1, 0.15) is 0 Å². The summed E-state index contributed by atoms with van der Waals surface area (Å²) in [4.78, 5) is 27.0. The second-order valence-electron chi connectivity index (χ2n) is 6.72. The van der Waals surface area contributed by atoms with Crippen LogP contribution >= 0.6 is 12.4 Å². The van der Waals surface area contributed by atoms with Gasteiger partial charge in [0.2, 0.25) is 0 Å². The predicted molar refractivity (Wildman–Crippen MR) is 102 cm³/mol. The number of carbonyl (C=O) groups excluding carboxylic acids is 1. The quantitative estimate of drug-likeness (QED) is 0.560. The van der Waals surface area contributed by atoms with Crippen LogP contribution in [-0.4, -0.2) is 80.6 Å². The van der Waals surface area contributed by atoms with Crippen molar-refractivity contribution in [3.05, 3.63) is 33.9 Å². The standard InChI is InChI=1S/C16H22N4O5S.ClH/c1-26(24,25)15-9-12(8-14(10-15)20(22)23)16(21)19-5-2-13(11-19)18-6-3-17-4-7-18;/h8-10,13,17H,2-7,11H2,1H3;1H. The molecule has 1 aromatic carbocycles. The lowest BCUT2D eigenvalue weighted by Gasteiger charge is -2.32. The molecule has 150 valence electrons. The van der Waals surface area contributed by atoms with Gasteiger partial charge in [0, 0.05) is 69.3 Å². The molecular weight excluding hydrogens is 396 g/mol. The van der Waals surface area contributed by atoms with Crippen molar-refractivity contribution in [1.29, 1.82) is 0 Å². The Balaban J connectivity index is 0.00000261. The van der Waals surface area contributed by atoms with Crippen LogP contribution in [0.2, 0.25) is 0 Å². The fourth-order valence-corrected chi connectivity index (χ4v) is 4.16. The van der Waals surface area contributed by atoms with Crippen LogP contribution in [0, 0.1) is 10.1 Å². The number of nitrogens with one attached hydrogen (secondary N) is 1. The number of rotatable bonds is 4. The van der Waals surface area contributed by atoms with E-state index < -0.39 is 20.4 Å². The average molecular weight is 419 g/mol. The van der Waals surface area contributed by atoms with Crippen LogP contribution in [-0.2, 0) is 9.84 Å². The lowest BCUT2D eigenvalue weighted by Crippen LogP contribution is -2.49. The summed E-state index contributed by atoms with van der Waals surface area (Å²) in [7, 11) is -3.66. The highest BCUT2D eigenvalue weighted by Gasteiger charge is 2.32. The molecule has 1 atom stereocenters. The second kappa shape index (κ2) is 8.51. The lowest BCUT2D eigenvalue weighted by molar-refractivity contribution is -0.385. The Kier molecular flexibility index (Phi) is 6.79. The second-order valence-corrected chi connectivity index (χ2v) is 8.74. The molecule has 0 saturated carbocycles. The number of sulfone groups is 1. The van der Waals surface area contributed by atoms with E-state index in [-0.39, 0.29) is 34.8 Å². The first-order valence-electron chi connectivity index (χ1n) is 8.49. The first kappa shape index (κ1) is 21.5. The van der Waals surface area contributed by atoms with Crippen molar-refractivity contribution in [3.8, 4) is 0 Å². The first-order valence-corrected chi connectivity index (χ1v) is 10.4. The number of non-ortho nitro benzene ring substituents is 1. The molecule has 2 saturated heterocycles. The summed E-state index contributed by atoms with van der Waals surface area (Å²) in [5.74, 6) is -0.365. The number of nitro groups is 1. The van der Waals surface area contributed by atoms with Gasteiger partial charge in [-0.05, 0) is 12.5 Å². The number of carbonyl (C=O) groups is 1. The van der Waals surface area contributed by atoms with E-state index in [4.69, 9.17) is 0 Å². The summed E-state index contributed by atoms with van der Waals surface area (Å²) in [6.07, 6.45) is 1.82.